The zero-order valence-corrected chi connectivity index (χ0v) is 11.3. The predicted octanol–water partition coefficient (Wildman–Crippen LogP) is 1.87. The van der Waals surface area contributed by atoms with Crippen molar-refractivity contribution in [3.63, 3.8) is 0 Å². The molecule has 0 radical (unpaired) electrons. The van der Waals surface area contributed by atoms with Crippen molar-refractivity contribution in [1.29, 1.82) is 0 Å². The molecule has 0 spiro atoms. The maximum atomic E-state index is 11.4. The van der Waals surface area contributed by atoms with Gasteiger partial charge in [-0.3, -0.25) is 4.79 Å². The standard InChI is InChI=1S/C14H22N2O2/c1-4-12(16-10-14(17)15-5-2)11-8-6-7-9-13(11)18-3/h6-9,12,16H,4-5,10H2,1-3H3,(H,15,17). The van der Waals surface area contributed by atoms with E-state index in [1.54, 1.807) is 7.11 Å². The van der Waals surface area contributed by atoms with Gasteiger partial charge in [0.05, 0.1) is 13.7 Å². The lowest BCUT2D eigenvalue weighted by molar-refractivity contribution is -0.120. The van der Waals surface area contributed by atoms with Crippen molar-refractivity contribution in [2.45, 2.75) is 26.3 Å². The van der Waals surface area contributed by atoms with Crippen molar-refractivity contribution >= 4 is 5.91 Å². The van der Waals surface area contributed by atoms with E-state index in [1.165, 1.54) is 0 Å². The summed E-state index contributed by atoms with van der Waals surface area (Å²) in [7, 11) is 1.66. The number of hydrogen-bond acceptors (Lipinski definition) is 3. The molecule has 1 amide bonds. The minimum absolute atomic E-state index is 0.0193. The zero-order valence-electron chi connectivity index (χ0n) is 11.3. The Kier molecular flexibility index (Phi) is 6.22. The van der Waals surface area contributed by atoms with Crippen molar-refractivity contribution in [3.8, 4) is 5.75 Å². The number of carbonyl (C=O) groups excluding carboxylic acids is 1. The van der Waals surface area contributed by atoms with Crippen molar-refractivity contribution in [1.82, 2.24) is 10.6 Å². The summed E-state index contributed by atoms with van der Waals surface area (Å²) < 4.78 is 5.34. The molecule has 0 aromatic heterocycles. The maximum absolute atomic E-state index is 11.4. The number of nitrogens with one attached hydrogen (secondary N) is 2. The Morgan fingerprint density at radius 2 is 2.06 bits per heavy atom. The smallest absolute Gasteiger partial charge is 0.233 e. The first kappa shape index (κ1) is 14.5. The van der Waals surface area contributed by atoms with Crippen molar-refractivity contribution in [3.05, 3.63) is 29.8 Å². The average Bonchev–Trinajstić information content (AvgIpc) is 2.40. The van der Waals surface area contributed by atoms with Crippen LogP contribution in [0.25, 0.3) is 0 Å². The minimum Gasteiger partial charge on any atom is -0.496 e. The molecule has 0 fully saturated rings. The number of methoxy groups -OCH3 is 1. The second-order valence-electron chi connectivity index (χ2n) is 4.04. The molecule has 1 aromatic rings. The van der Waals surface area contributed by atoms with E-state index in [1.807, 2.05) is 31.2 Å². The van der Waals surface area contributed by atoms with E-state index in [0.29, 0.717) is 13.1 Å². The first-order valence-electron chi connectivity index (χ1n) is 6.35. The highest BCUT2D eigenvalue weighted by atomic mass is 16.5. The highest BCUT2D eigenvalue weighted by Crippen LogP contribution is 2.26. The van der Waals surface area contributed by atoms with E-state index in [4.69, 9.17) is 4.74 Å². The van der Waals surface area contributed by atoms with Gasteiger partial charge in [-0.1, -0.05) is 25.1 Å². The number of hydrogen-bond donors (Lipinski definition) is 2. The molecule has 1 aromatic carbocycles. The summed E-state index contributed by atoms with van der Waals surface area (Å²) in [5.41, 5.74) is 1.09. The quantitative estimate of drug-likeness (QED) is 0.776. The number of rotatable bonds is 7. The molecular formula is C14H22N2O2. The lowest BCUT2D eigenvalue weighted by Crippen LogP contribution is -2.35. The fourth-order valence-corrected chi connectivity index (χ4v) is 1.90. The van der Waals surface area contributed by atoms with Gasteiger partial charge in [-0.05, 0) is 19.4 Å². The summed E-state index contributed by atoms with van der Waals surface area (Å²) in [5.74, 6) is 0.874. The van der Waals surface area contributed by atoms with E-state index in [2.05, 4.69) is 17.6 Å². The molecule has 0 heterocycles. The molecule has 0 aliphatic carbocycles. The molecule has 4 heteroatoms. The summed E-state index contributed by atoms with van der Waals surface area (Å²) in [4.78, 5) is 11.4. The number of para-hydroxylation sites is 1. The fraction of sp³-hybridized carbons (Fsp3) is 0.500. The van der Waals surface area contributed by atoms with Gasteiger partial charge in [-0.25, -0.2) is 0 Å². The van der Waals surface area contributed by atoms with Crippen LogP contribution in [0.1, 0.15) is 31.9 Å². The first-order valence-corrected chi connectivity index (χ1v) is 6.35. The van der Waals surface area contributed by atoms with Crippen LogP contribution in [0.4, 0.5) is 0 Å². The van der Waals surface area contributed by atoms with E-state index >= 15 is 0 Å². The summed E-state index contributed by atoms with van der Waals surface area (Å²) in [5, 5.41) is 6.03. The van der Waals surface area contributed by atoms with Crippen molar-refractivity contribution in [2.24, 2.45) is 0 Å². The topological polar surface area (TPSA) is 50.4 Å². The zero-order chi connectivity index (χ0) is 13.4. The van der Waals surface area contributed by atoms with Crippen LogP contribution in [0.15, 0.2) is 24.3 Å². The van der Waals surface area contributed by atoms with Crippen molar-refractivity contribution in [2.75, 3.05) is 20.2 Å². The van der Waals surface area contributed by atoms with Gasteiger partial charge in [0.15, 0.2) is 0 Å². The van der Waals surface area contributed by atoms with E-state index in [-0.39, 0.29) is 11.9 Å². The van der Waals surface area contributed by atoms with Crippen LogP contribution in [-0.2, 0) is 4.79 Å². The minimum atomic E-state index is 0.0193. The van der Waals surface area contributed by atoms with Gasteiger partial charge in [-0.2, -0.15) is 0 Å². The van der Waals surface area contributed by atoms with Gasteiger partial charge in [-0.15, -0.1) is 0 Å². The number of amides is 1. The van der Waals surface area contributed by atoms with Gasteiger partial charge < -0.3 is 15.4 Å². The molecule has 1 atom stereocenters. The highest BCUT2D eigenvalue weighted by molar-refractivity contribution is 5.77. The van der Waals surface area contributed by atoms with E-state index < -0.39 is 0 Å². The summed E-state index contributed by atoms with van der Waals surface area (Å²) in [6, 6.07) is 8.01. The maximum Gasteiger partial charge on any atom is 0.233 e. The Morgan fingerprint density at radius 3 is 2.67 bits per heavy atom. The van der Waals surface area contributed by atoms with Gasteiger partial charge in [0.1, 0.15) is 5.75 Å². The Morgan fingerprint density at radius 1 is 1.33 bits per heavy atom. The number of benzene rings is 1. The molecule has 2 N–H and O–H groups in total. The molecule has 0 bridgehead atoms. The second-order valence-corrected chi connectivity index (χ2v) is 4.04. The SMILES string of the molecule is CCNC(=O)CNC(CC)c1ccccc1OC. The summed E-state index contributed by atoms with van der Waals surface area (Å²) in [6.45, 7) is 4.98. The lowest BCUT2D eigenvalue weighted by Gasteiger charge is -2.19. The Labute approximate surface area is 109 Å². The molecule has 4 nitrogen and oxygen atoms in total. The largest absolute Gasteiger partial charge is 0.496 e. The molecule has 0 aliphatic rings. The van der Waals surface area contributed by atoms with Crippen LogP contribution in [0.5, 0.6) is 5.75 Å². The van der Waals surface area contributed by atoms with Crippen molar-refractivity contribution < 1.29 is 9.53 Å². The molecule has 0 aliphatic heterocycles. The number of ether oxygens (including phenoxy) is 1. The first-order chi connectivity index (χ1) is 8.72. The van der Waals surface area contributed by atoms with E-state index in [9.17, 15) is 4.79 Å². The van der Waals surface area contributed by atoms with Gasteiger partial charge >= 0.3 is 0 Å². The van der Waals surface area contributed by atoms with Gasteiger partial charge in [0, 0.05) is 18.2 Å². The lowest BCUT2D eigenvalue weighted by atomic mass is 10.0. The van der Waals surface area contributed by atoms with E-state index in [0.717, 1.165) is 17.7 Å². The van der Waals surface area contributed by atoms with Crippen LogP contribution in [0.3, 0.4) is 0 Å². The Balaban J connectivity index is 2.68. The molecule has 18 heavy (non-hydrogen) atoms. The van der Waals surface area contributed by atoms with Crippen LogP contribution in [-0.4, -0.2) is 26.1 Å². The molecule has 1 unspecified atom stereocenters. The third kappa shape index (κ3) is 4.04. The number of likely N-dealkylation sites (N-methyl/N-ethyl adjacent to an activating group) is 1. The van der Waals surface area contributed by atoms with Crippen LogP contribution in [0.2, 0.25) is 0 Å². The molecule has 0 saturated carbocycles. The third-order valence-electron chi connectivity index (χ3n) is 2.81. The fourth-order valence-electron chi connectivity index (χ4n) is 1.90. The third-order valence-corrected chi connectivity index (χ3v) is 2.81. The predicted molar refractivity (Wildman–Crippen MR) is 72.7 cm³/mol. The molecule has 0 saturated heterocycles. The molecule has 1 rings (SSSR count). The summed E-state index contributed by atoms with van der Waals surface area (Å²) >= 11 is 0. The average molecular weight is 250 g/mol. The Bertz CT molecular complexity index is 380. The van der Waals surface area contributed by atoms with Crippen LogP contribution < -0.4 is 15.4 Å². The highest BCUT2D eigenvalue weighted by Gasteiger charge is 2.14. The van der Waals surface area contributed by atoms with Gasteiger partial charge in [0.25, 0.3) is 0 Å². The second kappa shape index (κ2) is 7.71. The van der Waals surface area contributed by atoms with Gasteiger partial charge in [0.2, 0.25) is 5.91 Å². The van der Waals surface area contributed by atoms with Crippen LogP contribution in [0, 0.1) is 0 Å². The summed E-state index contributed by atoms with van der Waals surface area (Å²) in [6.07, 6.45) is 0.903. The Hall–Kier alpha value is -1.55. The molecular weight excluding hydrogens is 228 g/mol. The normalized spacial score (nSPS) is 11.9. The molecule has 100 valence electrons. The monoisotopic (exact) mass is 250 g/mol. The number of carbonyl (C=O) groups is 1. The van der Waals surface area contributed by atoms with Crippen LogP contribution >= 0.6 is 0 Å².